The van der Waals surface area contributed by atoms with E-state index in [1.54, 1.807) is 32.0 Å². The molecule has 0 aliphatic heterocycles. The molecule has 0 bridgehead atoms. The zero-order valence-electron chi connectivity index (χ0n) is 19.0. The van der Waals surface area contributed by atoms with Crippen molar-refractivity contribution in [2.75, 3.05) is 21.3 Å². The molecule has 10 heteroatoms. The first kappa shape index (κ1) is 24.5. The second kappa shape index (κ2) is 9.53. The first-order valence-corrected chi connectivity index (χ1v) is 13.3. The Morgan fingerprint density at radius 2 is 1.91 bits per heavy atom. The quantitative estimate of drug-likeness (QED) is 0.260. The molecule has 1 aromatic carbocycles. The summed E-state index contributed by atoms with van der Waals surface area (Å²) in [5.74, 6) is 2.14. The number of ketones is 1. The van der Waals surface area contributed by atoms with Crippen LogP contribution < -0.4 is 19.8 Å². The van der Waals surface area contributed by atoms with Gasteiger partial charge in [-0.15, -0.1) is 11.3 Å². The Bertz CT molecular complexity index is 1320. The Labute approximate surface area is 217 Å². The van der Waals surface area contributed by atoms with E-state index < -0.39 is 0 Å². The molecule has 1 unspecified atom stereocenters. The number of carbonyl (C=O) groups is 1. The van der Waals surface area contributed by atoms with E-state index in [-0.39, 0.29) is 21.2 Å². The summed E-state index contributed by atoms with van der Waals surface area (Å²) < 4.78 is 18.9. The molecular formula is C23H24BrIN2O5S. The molecule has 7 nitrogen and oxygen atoms in total. The van der Waals surface area contributed by atoms with Gasteiger partial charge >= 0.3 is 0 Å². The molecule has 1 aliphatic carbocycles. The lowest BCUT2D eigenvalue weighted by molar-refractivity contribution is 0.0989. The predicted octanol–water partition coefficient (Wildman–Crippen LogP) is 5.50. The minimum absolute atomic E-state index is 0.0650. The molecule has 0 radical (unpaired) electrons. The van der Waals surface area contributed by atoms with Crippen molar-refractivity contribution in [2.24, 2.45) is 5.92 Å². The minimum Gasteiger partial charge on any atom is -0.493 e. The van der Waals surface area contributed by atoms with E-state index in [2.05, 4.69) is 52.4 Å². The fourth-order valence-electron chi connectivity index (χ4n) is 4.14. The number of thiophene rings is 1. The van der Waals surface area contributed by atoms with E-state index >= 15 is 0 Å². The van der Waals surface area contributed by atoms with Crippen molar-refractivity contribution in [3.05, 3.63) is 31.3 Å². The second-order valence-corrected chi connectivity index (χ2v) is 11.5. The Morgan fingerprint density at radius 1 is 1.21 bits per heavy atom. The third-order valence-corrected chi connectivity index (χ3v) is 8.74. The number of aromatic nitrogens is 2. The summed E-state index contributed by atoms with van der Waals surface area (Å²) in [6.07, 6.45) is 1.45. The molecule has 0 fully saturated rings. The van der Waals surface area contributed by atoms with Crippen LogP contribution in [0.4, 0.5) is 0 Å². The van der Waals surface area contributed by atoms with Crippen LogP contribution in [0.2, 0.25) is 0 Å². The topological polar surface area (TPSA) is 79.7 Å². The van der Waals surface area contributed by atoms with Crippen molar-refractivity contribution in [3.8, 4) is 28.6 Å². The zero-order valence-corrected chi connectivity index (χ0v) is 23.5. The van der Waals surface area contributed by atoms with Gasteiger partial charge in [0.25, 0.3) is 5.56 Å². The highest BCUT2D eigenvalue weighted by Crippen LogP contribution is 2.48. The minimum atomic E-state index is -0.124. The summed E-state index contributed by atoms with van der Waals surface area (Å²) >= 11 is 7.13. The van der Waals surface area contributed by atoms with Gasteiger partial charge < -0.3 is 14.2 Å². The molecule has 2 heterocycles. The molecule has 0 amide bonds. The van der Waals surface area contributed by atoms with Crippen molar-refractivity contribution < 1.29 is 19.0 Å². The number of aryl methyl sites for hydroxylation is 1. The first-order valence-electron chi connectivity index (χ1n) is 10.5. The number of hydrogen-bond donors (Lipinski definition) is 0. The van der Waals surface area contributed by atoms with Crippen LogP contribution in [-0.4, -0.2) is 40.6 Å². The van der Waals surface area contributed by atoms with Gasteiger partial charge in [0, 0.05) is 12.1 Å². The molecule has 0 spiro atoms. The number of nitrogens with zero attached hydrogens (tertiary/aromatic N) is 2. The summed E-state index contributed by atoms with van der Waals surface area (Å²) in [5.41, 5.74) is 1.37. The number of carbonyl (C=O) groups excluding carboxylic acids is 1. The number of Topliss-reactive ketones (excluding diaryl/α,β-unsaturated/α-hetero) is 1. The van der Waals surface area contributed by atoms with Gasteiger partial charge in [-0.1, -0.05) is 36.4 Å². The normalized spacial score (nSPS) is 15.8. The van der Waals surface area contributed by atoms with Gasteiger partial charge in [0.05, 0.1) is 40.0 Å². The maximum atomic E-state index is 13.8. The fourth-order valence-corrected chi connectivity index (χ4v) is 6.82. The van der Waals surface area contributed by atoms with E-state index in [1.807, 2.05) is 0 Å². The van der Waals surface area contributed by atoms with Gasteiger partial charge in [-0.2, -0.15) is 0 Å². The van der Waals surface area contributed by atoms with E-state index in [0.717, 1.165) is 12.0 Å². The number of alkyl halides is 1. The molecule has 1 atom stereocenters. The van der Waals surface area contributed by atoms with E-state index in [1.165, 1.54) is 11.3 Å². The molecule has 4 rings (SSSR count). The van der Waals surface area contributed by atoms with E-state index in [9.17, 15) is 9.59 Å². The molecule has 0 saturated heterocycles. The van der Waals surface area contributed by atoms with Crippen molar-refractivity contribution >= 4 is 65.9 Å². The SMILES string of the molecule is COc1cc(-c2nc3sc4c(c3c(=O)n2CC(C)C)CCC(I)C4=O)c(Br)c(OC)c1OC. The van der Waals surface area contributed by atoms with Crippen LogP contribution in [0.15, 0.2) is 15.3 Å². The number of fused-ring (bicyclic) bond motifs is 3. The molecule has 1 aliphatic rings. The van der Waals surface area contributed by atoms with Gasteiger partial charge in [0.15, 0.2) is 17.3 Å². The van der Waals surface area contributed by atoms with Gasteiger partial charge in [0.1, 0.15) is 10.7 Å². The highest BCUT2D eigenvalue weighted by Gasteiger charge is 2.32. The molecule has 0 saturated carbocycles. The fraction of sp³-hybridized carbons (Fsp3) is 0.435. The molecule has 33 heavy (non-hydrogen) atoms. The third-order valence-electron chi connectivity index (χ3n) is 5.62. The Balaban J connectivity index is 2.08. The molecule has 176 valence electrons. The number of hydrogen-bond acceptors (Lipinski definition) is 7. The zero-order chi connectivity index (χ0) is 24.0. The highest BCUT2D eigenvalue weighted by atomic mass is 127. The maximum Gasteiger partial charge on any atom is 0.262 e. The monoisotopic (exact) mass is 646 g/mol. The van der Waals surface area contributed by atoms with Crippen molar-refractivity contribution in [1.82, 2.24) is 9.55 Å². The summed E-state index contributed by atoms with van der Waals surface area (Å²) in [4.78, 5) is 32.8. The lowest BCUT2D eigenvalue weighted by atomic mass is 9.96. The van der Waals surface area contributed by atoms with Crippen LogP contribution in [0.3, 0.4) is 0 Å². The van der Waals surface area contributed by atoms with Crippen LogP contribution in [0, 0.1) is 5.92 Å². The average Bonchev–Trinajstić information content (AvgIpc) is 3.17. The first-order chi connectivity index (χ1) is 15.7. The molecule has 3 aromatic rings. The number of ether oxygens (including phenoxy) is 3. The van der Waals surface area contributed by atoms with Crippen LogP contribution in [0.25, 0.3) is 21.6 Å². The van der Waals surface area contributed by atoms with Gasteiger partial charge in [-0.25, -0.2) is 4.98 Å². The van der Waals surface area contributed by atoms with Gasteiger partial charge in [-0.3, -0.25) is 14.2 Å². The molecule has 2 aromatic heterocycles. The smallest absolute Gasteiger partial charge is 0.262 e. The van der Waals surface area contributed by atoms with E-state index in [4.69, 9.17) is 19.2 Å². The maximum absolute atomic E-state index is 13.8. The van der Waals surface area contributed by atoms with Crippen molar-refractivity contribution in [3.63, 3.8) is 0 Å². The van der Waals surface area contributed by atoms with E-state index in [0.29, 0.717) is 61.2 Å². The van der Waals surface area contributed by atoms with Crippen LogP contribution in [-0.2, 0) is 13.0 Å². The number of halogens is 2. The van der Waals surface area contributed by atoms with Gasteiger partial charge in [0.2, 0.25) is 5.75 Å². The highest BCUT2D eigenvalue weighted by molar-refractivity contribution is 14.1. The van der Waals surface area contributed by atoms with Crippen LogP contribution >= 0.6 is 49.9 Å². The second-order valence-electron chi connectivity index (χ2n) is 8.21. The molecular weight excluding hydrogens is 623 g/mol. The standard InChI is InChI=1S/C23H24BrIN2O5S/c1-10(2)9-27-21(12-8-14(30-3)18(31-4)19(32-5)16(12)24)26-22-15(23(27)29)11-6-7-13(25)17(28)20(11)33-22/h8,10,13H,6-7,9H2,1-5H3. The lowest BCUT2D eigenvalue weighted by Gasteiger charge is -2.20. The van der Waals surface area contributed by atoms with Gasteiger partial charge in [-0.05, 0) is 46.3 Å². The Hall–Kier alpha value is -1.66. The van der Waals surface area contributed by atoms with Crippen molar-refractivity contribution in [2.45, 2.75) is 37.2 Å². The summed E-state index contributed by atoms with van der Waals surface area (Å²) in [7, 11) is 4.63. The summed E-state index contributed by atoms with van der Waals surface area (Å²) in [6.45, 7) is 4.59. The number of benzene rings is 1. The lowest BCUT2D eigenvalue weighted by Crippen LogP contribution is -2.27. The Morgan fingerprint density at radius 3 is 2.52 bits per heavy atom. The Kier molecular flexibility index (Phi) is 7.07. The number of rotatable bonds is 6. The molecule has 0 N–H and O–H groups in total. The van der Waals surface area contributed by atoms with Crippen molar-refractivity contribution in [1.29, 1.82) is 0 Å². The predicted molar refractivity (Wildman–Crippen MR) is 142 cm³/mol. The average molecular weight is 647 g/mol. The largest absolute Gasteiger partial charge is 0.493 e. The third kappa shape index (κ3) is 4.07. The van der Waals surface area contributed by atoms with Crippen LogP contribution in [0.1, 0.15) is 35.5 Å². The number of methoxy groups -OCH3 is 3. The summed E-state index contributed by atoms with van der Waals surface area (Å²) in [5, 5.41) is 0.569. The summed E-state index contributed by atoms with van der Waals surface area (Å²) in [6, 6.07) is 1.79. The van der Waals surface area contributed by atoms with Crippen LogP contribution in [0.5, 0.6) is 17.2 Å².